The van der Waals surface area contributed by atoms with Gasteiger partial charge in [-0.05, 0) is 48.9 Å². The Morgan fingerprint density at radius 2 is 1.91 bits per heavy atom. The Labute approximate surface area is 127 Å². The van der Waals surface area contributed by atoms with Crippen LogP contribution in [0.2, 0.25) is 0 Å². The molecule has 4 rings (SSSR count). The van der Waals surface area contributed by atoms with E-state index in [2.05, 4.69) is 10.2 Å². The molecule has 2 heterocycles. The molecule has 0 saturated heterocycles. The molecule has 2 aromatic rings. The number of aryl methyl sites for hydroxylation is 3. The first-order valence-corrected chi connectivity index (χ1v) is 8.82. The zero-order valence-corrected chi connectivity index (χ0v) is 12.8. The Morgan fingerprint density at radius 3 is 2.77 bits per heavy atom. The highest BCUT2D eigenvalue weighted by Crippen LogP contribution is 2.26. The summed E-state index contributed by atoms with van der Waals surface area (Å²) in [6.07, 6.45) is 4.22. The predicted molar refractivity (Wildman–Crippen MR) is 79.9 cm³/mol. The maximum absolute atomic E-state index is 12.9. The van der Waals surface area contributed by atoms with Crippen LogP contribution in [-0.4, -0.2) is 29.8 Å². The van der Waals surface area contributed by atoms with E-state index in [9.17, 15) is 13.2 Å². The maximum atomic E-state index is 12.9. The third-order valence-corrected chi connectivity index (χ3v) is 6.09. The summed E-state index contributed by atoms with van der Waals surface area (Å²) in [5.74, 6) is 0.459. The number of benzene rings is 1. The van der Waals surface area contributed by atoms with Crippen LogP contribution in [0.5, 0.6) is 0 Å². The molecular formula is C14H16N4O3S. The fourth-order valence-corrected chi connectivity index (χ4v) is 4.77. The van der Waals surface area contributed by atoms with Crippen molar-refractivity contribution >= 4 is 10.0 Å². The molecule has 1 aliphatic carbocycles. The van der Waals surface area contributed by atoms with E-state index in [1.807, 2.05) is 6.07 Å². The molecule has 0 unspecified atom stereocenters. The van der Waals surface area contributed by atoms with Crippen LogP contribution in [0.15, 0.2) is 27.9 Å². The molecule has 1 aromatic heterocycles. The molecule has 0 atom stereocenters. The number of aromatic nitrogens is 3. The standard InChI is InChI=1S/C14H16N4O3S/c19-14-16-15-13-5-2-8-17(18(13)14)22(20,21)12-7-6-10-3-1-4-11(10)9-12/h6-7,9H,1-5,8H2,(H,16,19). The molecule has 1 N–H and O–H groups in total. The van der Waals surface area contributed by atoms with Gasteiger partial charge in [-0.3, -0.25) is 0 Å². The van der Waals surface area contributed by atoms with Crippen molar-refractivity contribution in [3.63, 3.8) is 0 Å². The number of nitrogens with one attached hydrogen (secondary N) is 1. The number of H-pyrrole nitrogens is 1. The van der Waals surface area contributed by atoms with Crippen molar-refractivity contribution in [3.8, 4) is 0 Å². The quantitative estimate of drug-likeness (QED) is 0.864. The lowest BCUT2D eigenvalue weighted by Gasteiger charge is -2.28. The monoisotopic (exact) mass is 320 g/mol. The van der Waals surface area contributed by atoms with Crippen molar-refractivity contribution < 1.29 is 8.42 Å². The summed E-state index contributed by atoms with van der Waals surface area (Å²) < 4.78 is 28.1. The van der Waals surface area contributed by atoms with Gasteiger partial charge in [-0.2, -0.15) is 22.6 Å². The van der Waals surface area contributed by atoms with Crippen molar-refractivity contribution in [3.05, 3.63) is 45.6 Å². The van der Waals surface area contributed by atoms with E-state index in [1.165, 1.54) is 5.56 Å². The summed E-state index contributed by atoms with van der Waals surface area (Å²) >= 11 is 0. The van der Waals surface area contributed by atoms with Crippen molar-refractivity contribution in [1.82, 2.24) is 14.9 Å². The van der Waals surface area contributed by atoms with Crippen molar-refractivity contribution in [1.29, 1.82) is 0 Å². The number of sulfonamides is 1. The van der Waals surface area contributed by atoms with Gasteiger partial charge < -0.3 is 0 Å². The number of rotatable bonds is 2. The molecule has 0 fully saturated rings. The summed E-state index contributed by atoms with van der Waals surface area (Å²) in [7, 11) is -3.75. The van der Waals surface area contributed by atoms with Crippen LogP contribution in [0.1, 0.15) is 29.8 Å². The molecule has 0 radical (unpaired) electrons. The van der Waals surface area contributed by atoms with E-state index in [-0.39, 0.29) is 11.4 Å². The third-order valence-electron chi connectivity index (χ3n) is 4.34. The zero-order valence-electron chi connectivity index (χ0n) is 11.9. The minimum absolute atomic E-state index is 0.245. The first kappa shape index (κ1) is 13.6. The average molecular weight is 320 g/mol. The first-order chi connectivity index (χ1) is 10.6. The van der Waals surface area contributed by atoms with Gasteiger partial charge in [-0.1, -0.05) is 6.07 Å². The summed E-state index contributed by atoms with van der Waals surface area (Å²) in [6.45, 7) is 0.284. The molecule has 0 saturated carbocycles. The molecule has 1 aromatic carbocycles. The smallest absolute Gasteiger partial charge is 0.244 e. The van der Waals surface area contributed by atoms with Crippen molar-refractivity contribution in [2.75, 3.05) is 11.0 Å². The van der Waals surface area contributed by atoms with Crippen LogP contribution in [-0.2, 0) is 29.3 Å². The minimum Gasteiger partial charge on any atom is -0.244 e. The van der Waals surface area contributed by atoms with E-state index in [0.717, 1.165) is 33.9 Å². The van der Waals surface area contributed by atoms with Gasteiger partial charge in [0.25, 0.3) is 10.0 Å². The second kappa shape index (κ2) is 4.70. The van der Waals surface area contributed by atoms with Gasteiger partial charge in [0.2, 0.25) is 0 Å². The lowest BCUT2D eigenvalue weighted by molar-refractivity contribution is 0.527. The van der Waals surface area contributed by atoms with Crippen LogP contribution in [0.3, 0.4) is 0 Å². The molecule has 0 bridgehead atoms. The molecule has 7 nitrogen and oxygen atoms in total. The van der Waals surface area contributed by atoms with E-state index < -0.39 is 15.7 Å². The highest BCUT2D eigenvalue weighted by Gasteiger charge is 2.32. The number of hydrogen-bond acceptors (Lipinski definition) is 4. The molecule has 116 valence electrons. The van der Waals surface area contributed by atoms with Crippen LogP contribution in [0.25, 0.3) is 0 Å². The Bertz CT molecular complexity index is 897. The fourth-order valence-electron chi connectivity index (χ4n) is 3.25. The normalized spacial score (nSPS) is 17.4. The molecule has 0 amide bonds. The van der Waals surface area contributed by atoms with E-state index in [1.54, 1.807) is 12.1 Å². The molecule has 1 aliphatic heterocycles. The Morgan fingerprint density at radius 1 is 1.09 bits per heavy atom. The molecule has 22 heavy (non-hydrogen) atoms. The Balaban J connectivity index is 1.82. The van der Waals surface area contributed by atoms with Gasteiger partial charge in [0, 0.05) is 6.42 Å². The topological polar surface area (TPSA) is 88.1 Å². The molecular weight excluding hydrogens is 304 g/mol. The summed E-state index contributed by atoms with van der Waals surface area (Å²) in [6, 6.07) is 5.27. The van der Waals surface area contributed by atoms with Gasteiger partial charge in [0.1, 0.15) is 0 Å². The summed E-state index contributed by atoms with van der Waals surface area (Å²) in [5.41, 5.74) is 1.80. The highest BCUT2D eigenvalue weighted by atomic mass is 32.2. The lowest BCUT2D eigenvalue weighted by atomic mass is 10.1. The Kier molecular flexibility index (Phi) is 2.90. The minimum atomic E-state index is -3.75. The summed E-state index contributed by atoms with van der Waals surface area (Å²) in [5, 5.41) is 6.22. The number of hydrogen-bond donors (Lipinski definition) is 1. The van der Waals surface area contributed by atoms with E-state index in [4.69, 9.17) is 0 Å². The van der Waals surface area contributed by atoms with Gasteiger partial charge in [-0.25, -0.2) is 9.89 Å². The SMILES string of the molecule is O=c1[nH]nc2n1N(S(=O)(=O)c1ccc3c(c1)CCC3)CCC2. The van der Waals surface area contributed by atoms with E-state index in [0.29, 0.717) is 18.7 Å². The number of aromatic amines is 1. The van der Waals surface area contributed by atoms with Crippen LogP contribution in [0.4, 0.5) is 0 Å². The molecule has 2 aliphatic rings. The van der Waals surface area contributed by atoms with Crippen LogP contribution < -0.4 is 10.1 Å². The van der Waals surface area contributed by atoms with Crippen molar-refractivity contribution in [2.45, 2.75) is 37.0 Å². The summed E-state index contributed by atoms with van der Waals surface area (Å²) in [4.78, 5) is 12.1. The highest BCUT2D eigenvalue weighted by molar-refractivity contribution is 7.92. The largest absolute Gasteiger partial charge is 0.363 e. The number of fused-ring (bicyclic) bond motifs is 2. The van der Waals surface area contributed by atoms with E-state index >= 15 is 0 Å². The zero-order chi connectivity index (χ0) is 15.3. The van der Waals surface area contributed by atoms with Crippen molar-refractivity contribution in [2.24, 2.45) is 0 Å². The van der Waals surface area contributed by atoms with Crippen LogP contribution >= 0.6 is 0 Å². The van der Waals surface area contributed by atoms with Crippen LogP contribution in [0, 0.1) is 0 Å². The lowest BCUT2D eigenvalue weighted by Crippen LogP contribution is -2.49. The molecule has 8 heteroatoms. The molecule has 0 spiro atoms. The average Bonchev–Trinajstić information content (AvgIpc) is 3.13. The van der Waals surface area contributed by atoms with Gasteiger partial charge in [0.15, 0.2) is 5.82 Å². The Hall–Kier alpha value is -2.09. The second-order valence-corrected chi connectivity index (χ2v) is 7.54. The van der Waals surface area contributed by atoms with Gasteiger partial charge in [0.05, 0.1) is 11.4 Å². The predicted octanol–water partition coefficient (Wildman–Crippen LogP) is 0.333. The fraction of sp³-hybridized carbons (Fsp3) is 0.429. The first-order valence-electron chi connectivity index (χ1n) is 7.38. The number of nitrogens with zero attached hydrogens (tertiary/aromatic N) is 3. The second-order valence-electron chi connectivity index (χ2n) is 5.70. The maximum Gasteiger partial charge on any atom is 0.363 e. The van der Waals surface area contributed by atoms with Gasteiger partial charge >= 0.3 is 5.69 Å². The third kappa shape index (κ3) is 1.90. The van der Waals surface area contributed by atoms with Gasteiger partial charge in [-0.15, -0.1) is 0 Å².